The van der Waals surface area contributed by atoms with Gasteiger partial charge in [0.15, 0.2) is 0 Å². The number of imidazole rings is 1. The highest BCUT2D eigenvalue weighted by atomic mass is 35.5. The van der Waals surface area contributed by atoms with Gasteiger partial charge in [0.05, 0.1) is 11.2 Å². The van der Waals surface area contributed by atoms with E-state index in [1.165, 1.54) is 0 Å². The molecule has 2 N–H and O–H groups in total. The topological polar surface area (TPSA) is 66.9 Å². The van der Waals surface area contributed by atoms with Crippen LogP contribution in [-0.4, -0.2) is 56.8 Å². The standard InChI is InChI=1S/C16H21N5O.2ClH/c17-16(4-5-16)15(22)20-9-7-19(8-10-20)11-13-12-21-6-2-1-3-14(21)18-13;;/h1-3,6,12H,4-5,7-11,17H2;2*1H. The molecule has 2 aliphatic rings. The van der Waals surface area contributed by atoms with Crippen LogP contribution in [-0.2, 0) is 11.3 Å². The van der Waals surface area contributed by atoms with Crippen molar-refractivity contribution in [3.8, 4) is 0 Å². The highest BCUT2D eigenvalue weighted by Crippen LogP contribution is 2.34. The Morgan fingerprint density at radius 3 is 2.50 bits per heavy atom. The quantitative estimate of drug-likeness (QED) is 0.883. The van der Waals surface area contributed by atoms with E-state index in [9.17, 15) is 4.79 Å². The average molecular weight is 372 g/mol. The minimum atomic E-state index is -0.538. The fraction of sp³-hybridized carbons (Fsp3) is 0.500. The lowest BCUT2D eigenvalue weighted by Gasteiger charge is -2.35. The zero-order chi connectivity index (χ0) is 15.2. The van der Waals surface area contributed by atoms with Gasteiger partial charge in [-0.2, -0.15) is 0 Å². The van der Waals surface area contributed by atoms with Crippen LogP contribution in [0.25, 0.3) is 5.65 Å². The predicted molar refractivity (Wildman–Crippen MR) is 97.7 cm³/mol. The maximum Gasteiger partial charge on any atom is 0.242 e. The van der Waals surface area contributed by atoms with Crippen molar-refractivity contribution in [2.45, 2.75) is 24.9 Å². The van der Waals surface area contributed by atoms with Gasteiger partial charge in [0.2, 0.25) is 5.91 Å². The SMILES string of the molecule is Cl.Cl.NC1(C(=O)N2CCN(Cc3cn4ccccc4n3)CC2)CC1. The van der Waals surface area contributed by atoms with Crippen LogP contribution < -0.4 is 5.73 Å². The van der Waals surface area contributed by atoms with Gasteiger partial charge >= 0.3 is 0 Å². The van der Waals surface area contributed by atoms with Gasteiger partial charge in [-0.1, -0.05) is 6.07 Å². The molecule has 0 radical (unpaired) electrons. The van der Waals surface area contributed by atoms with E-state index in [2.05, 4.69) is 16.1 Å². The molecule has 132 valence electrons. The molecule has 2 fully saturated rings. The molecule has 0 atom stereocenters. The highest BCUT2D eigenvalue weighted by Gasteiger charge is 2.48. The molecule has 2 aromatic heterocycles. The van der Waals surface area contributed by atoms with Gasteiger partial charge < -0.3 is 15.0 Å². The zero-order valence-corrected chi connectivity index (χ0v) is 15.1. The van der Waals surface area contributed by atoms with Gasteiger partial charge in [0.1, 0.15) is 5.65 Å². The molecule has 1 saturated carbocycles. The summed E-state index contributed by atoms with van der Waals surface area (Å²) in [5.41, 5.74) is 7.52. The number of hydrogen-bond donors (Lipinski definition) is 1. The first-order chi connectivity index (χ1) is 10.6. The van der Waals surface area contributed by atoms with E-state index in [1.54, 1.807) is 0 Å². The van der Waals surface area contributed by atoms with Gasteiger partial charge in [0, 0.05) is 45.1 Å². The van der Waals surface area contributed by atoms with Crippen molar-refractivity contribution in [3.63, 3.8) is 0 Å². The van der Waals surface area contributed by atoms with Crippen LogP contribution in [0.1, 0.15) is 18.5 Å². The number of nitrogens with two attached hydrogens (primary N) is 1. The molecule has 3 heterocycles. The Balaban J connectivity index is 0.00000104. The number of aromatic nitrogens is 2. The number of rotatable bonds is 3. The number of nitrogens with zero attached hydrogens (tertiary/aromatic N) is 4. The van der Waals surface area contributed by atoms with Gasteiger partial charge in [-0.15, -0.1) is 24.8 Å². The van der Waals surface area contributed by atoms with E-state index in [-0.39, 0.29) is 30.7 Å². The normalized spacial score (nSPS) is 19.5. The van der Waals surface area contributed by atoms with Crippen molar-refractivity contribution in [2.75, 3.05) is 26.2 Å². The fourth-order valence-corrected chi connectivity index (χ4v) is 3.06. The first kappa shape index (κ1) is 19.0. The summed E-state index contributed by atoms with van der Waals surface area (Å²) in [7, 11) is 0. The Labute approximate surface area is 153 Å². The largest absolute Gasteiger partial charge is 0.339 e. The van der Waals surface area contributed by atoms with Crippen LogP contribution in [0.4, 0.5) is 0 Å². The molecule has 6 nitrogen and oxygen atoms in total. The molecular formula is C16H23Cl2N5O. The Morgan fingerprint density at radius 1 is 1.17 bits per heavy atom. The number of pyridine rings is 1. The number of amides is 1. The smallest absolute Gasteiger partial charge is 0.242 e. The molecule has 4 rings (SSSR count). The average Bonchev–Trinajstić information content (AvgIpc) is 3.15. The molecule has 2 aromatic rings. The molecule has 0 unspecified atom stereocenters. The van der Waals surface area contributed by atoms with Crippen molar-refractivity contribution >= 4 is 36.4 Å². The summed E-state index contributed by atoms with van der Waals surface area (Å²) in [5, 5.41) is 0. The number of halogens is 2. The second-order valence-electron chi connectivity index (χ2n) is 6.42. The molecule has 1 aliphatic carbocycles. The minimum absolute atomic E-state index is 0. The number of fused-ring (bicyclic) bond motifs is 1. The molecule has 24 heavy (non-hydrogen) atoms. The van der Waals surface area contributed by atoms with Crippen molar-refractivity contribution in [3.05, 3.63) is 36.3 Å². The van der Waals surface area contributed by atoms with E-state index in [0.29, 0.717) is 0 Å². The van der Waals surface area contributed by atoms with Crippen LogP contribution in [0, 0.1) is 0 Å². The summed E-state index contributed by atoms with van der Waals surface area (Å²) in [6.07, 6.45) is 5.77. The van der Waals surface area contributed by atoms with E-state index in [4.69, 9.17) is 5.73 Å². The molecule has 1 aliphatic heterocycles. The number of carbonyl (C=O) groups excluding carboxylic acids is 1. The molecular weight excluding hydrogens is 349 g/mol. The van der Waals surface area contributed by atoms with Gasteiger partial charge in [-0.3, -0.25) is 9.69 Å². The van der Waals surface area contributed by atoms with Gasteiger partial charge in [-0.25, -0.2) is 4.98 Å². The van der Waals surface area contributed by atoms with Gasteiger partial charge in [-0.05, 0) is 25.0 Å². The Kier molecular flexibility index (Phi) is 5.75. The lowest BCUT2D eigenvalue weighted by atomic mass is 10.2. The van der Waals surface area contributed by atoms with E-state index in [0.717, 1.165) is 56.9 Å². The second-order valence-corrected chi connectivity index (χ2v) is 6.42. The van der Waals surface area contributed by atoms with Crippen molar-refractivity contribution in [2.24, 2.45) is 5.73 Å². The number of hydrogen-bond acceptors (Lipinski definition) is 4. The summed E-state index contributed by atoms with van der Waals surface area (Å²) in [5.74, 6) is 0.139. The van der Waals surface area contributed by atoms with Crippen LogP contribution in [0.3, 0.4) is 0 Å². The van der Waals surface area contributed by atoms with E-state index >= 15 is 0 Å². The highest BCUT2D eigenvalue weighted by molar-refractivity contribution is 5.89. The Hall–Kier alpha value is -1.34. The number of carbonyl (C=O) groups is 1. The van der Waals surface area contributed by atoms with Crippen LogP contribution in [0.15, 0.2) is 30.6 Å². The van der Waals surface area contributed by atoms with Crippen molar-refractivity contribution in [1.82, 2.24) is 19.2 Å². The van der Waals surface area contributed by atoms with Crippen molar-refractivity contribution in [1.29, 1.82) is 0 Å². The molecule has 0 bridgehead atoms. The van der Waals surface area contributed by atoms with Crippen LogP contribution in [0.5, 0.6) is 0 Å². The number of piperazine rings is 1. The van der Waals surface area contributed by atoms with E-state index < -0.39 is 5.54 Å². The fourth-order valence-electron chi connectivity index (χ4n) is 3.06. The summed E-state index contributed by atoms with van der Waals surface area (Å²) < 4.78 is 2.04. The maximum atomic E-state index is 12.2. The predicted octanol–water partition coefficient (Wildman–Crippen LogP) is 1.31. The monoisotopic (exact) mass is 371 g/mol. The first-order valence-electron chi connectivity index (χ1n) is 7.87. The summed E-state index contributed by atoms with van der Waals surface area (Å²) in [4.78, 5) is 21.1. The second kappa shape index (κ2) is 7.27. The van der Waals surface area contributed by atoms with Gasteiger partial charge in [0.25, 0.3) is 0 Å². The molecule has 0 aromatic carbocycles. The third kappa shape index (κ3) is 3.67. The summed E-state index contributed by atoms with van der Waals surface area (Å²) in [6.45, 7) is 4.14. The molecule has 8 heteroatoms. The van der Waals surface area contributed by atoms with E-state index in [1.807, 2.05) is 33.7 Å². The first-order valence-corrected chi connectivity index (χ1v) is 7.87. The van der Waals surface area contributed by atoms with Crippen LogP contribution in [0.2, 0.25) is 0 Å². The summed E-state index contributed by atoms with van der Waals surface area (Å²) in [6, 6.07) is 6.01. The molecule has 0 spiro atoms. The minimum Gasteiger partial charge on any atom is -0.339 e. The lowest BCUT2D eigenvalue weighted by molar-refractivity contribution is -0.135. The van der Waals surface area contributed by atoms with Crippen LogP contribution >= 0.6 is 24.8 Å². The lowest BCUT2D eigenvalue weighted by Crippen LogP contribution is -2.53. The van der Waals surface area contributed by atoms with Crippen molar-refractivity contribution < 1.29 is 4.79 Å². The zero-order valence-electron chi connectivity index (χ0n) is 13.4. The molecule has 1 amide bonds. The Bertz CT molecular complexity index is 674. The third-order valence-corrected chi connectivity index (χ3v) is 4.67. The molecule has 1 saturated heterocycles. The maximum absolute atomic E-state index is 12.2. The Morgan fingerprint density at radius 2 is 1.88 bits per heavy atom. The summed E-state index contributed by atoms with van der Waals surface area (Å²) >= 11 is 0. The third-order valence-electron chi connectivity index (χ3n) is 4.67.